The van der Waals surface area contributed by atoms with Crippen molar-refractivity contribution >= 4 is 5.95 Å². The second-order valence-corrected chi connectivity index (χ2v) is 1.44. The minimum Gasteiger partial charge on any atom is -0.493 e. The zero-order chi connectivity index (χ0) is 6.85. The number of hydrogen-bond donors (Lipinski definition) is 3. The Bertz CT molecular complexity index is 175. The quantitative estimate of drug-likeness (QED) is 0.435. The van der Waals surface area contributed by atoms with Crippen LogP contribution in [0.25, 0.3) is 0 Å². The fraction of sp³-hybridized carbons (Fsp3) is 0. The molecule has 0 saturated heterocycles. The summed E-state index contributed by atoms with van der Waals surface area (Å²) in [5.74, 6) is -0.812. The Morgan fingerprint density at radius 1 is 1.22 bits per heavy atom. The topological polar surface area (TPSA) is 92.3 Å². The van der Waals surface area contributed by atoms with Crippen molar-refractivity contribution in [1.29, 1.82) is 0 Å². The van der Waals surface area contributed by atoms with Crippen LogP contribution in [0.5, 0.6) is 11.8 Å². The minimum atomic E-state index is -0.333. The highest BCUT2D eigenvalue weighted by Gasteiger charge is 1.95. The van der Waals surface area contributed by atoms with E-state index >= 15 is 0 Å². The van der Waals surface area contributed by atoms with Crippen LogP contribution in [0.3, 0.4) is 0 Å². The lowest BCUT2D eigenvalue weighted by molar-refractivity contribution is 0.423. The normalized spacial score (nSPS) is 9.33. The van der Waals surface area contributed by atoms with Crippen LogP contribution in [-0.2, 0) is 0 Å². The average Bonchev–Trinajstić information content (AvgIpc) is 1.59. The van der Waals surface area contributed by atoms with Crippen LogP contribution in [0, 0.1) is 0 Å². The van der Waals surface area contributed by atoms with Gasteiger partial charge >= 0.3 is 0 Å². The van der Waals surface area contributed by atoms with Crippen molar-refractivity contribution in [2.75, 3.05) is 5.73 Å². The van der Waals surface area contributed by atoms with Crippen molar-refractivity contribution in [3.05, 3.63) is 6.07 Å². The largest absolute Gasteiger partial charge is 0.493 e. The van der Waals surface area contributed by atoms with Gasteiger partial charge in [0.2, 0.25) is 17.7 Å². The summed E-state index contributed by atoms with van der Waals surface area (Å²) < 4.78 is 0. The van der Waals surface area contributed by atoms with E-state index in [1.165, 1.54) is 0 Å². The fourth-order valence-electron chi connectivity index (χ4n) is 0.440. The Morgan fingerprint density at radius 3 is 2.00 bits per heavy atom. The molecule has 0 spiro atoms. The second kappa shape index (κ2) is 1.77. The molecule has 0 unspecified atom stereocenters. The van der Waals surface area contributed by atoms with E-state index in [2.05, 4.69) is 9.97 Å². The molecule has 1 aromatic heterocycles. The van der Waals surface area contributed by atoms with Crippen molar-refractivity contribution in [1.82, 2.24) is 9.97 Å². The summed E-state index contributed by atoms with van der Waals surface area (Å²) >= 11 is 0. The highest BCUT2D eigenvalue weighted by atomic mass is 16.3. The van der Waals surface area contributed by atoms with Crippen LogP contribution < -0.4 is 5.73 Å². The van der Waals surface area contributed by atoms with Crippen LogP contribution in [0.15, 0.2) is 6.07 Å². The van der Waals surface area contributed by atoms with Gasteiger partial charge in [-0.15, -0.1) is 0 Å². The molecule has 1 heterocycles. The molecule has 0 aliphatic carbocycles. The summed E-state index contributed by atoms with van der Waals surface area (Å²) in [6.45, 7) is 0. The summed E-state index contributed by atoms with van der Waals surface area (Å²) in [5, 5.41) is 17.2. The van der Waals surface area contributed by atoms with Gasteiger partial charge in [-0.25, -0.2) is 0 Å². The van der Waals surface area contributed by atoms with E-state index in [0.29, 0.717) is 0 Å². The first-order chi connectivity index (χ1) is 4.18. The molecular weight excluding hydrogens is 122 g/mol. The van der Waals surface area contributed by atoms with Gasteiger partial charge in [-0.1, -0.05) is 0 Å². The van der Waals surface area contributed by atoms with Gasteiger partial charge in [0.05, 0.1) is 6.07 Å². The van der Waals surface area contributed by atoms with Gasteiger partial charge in [-0.2, -0.15) is 9.97 Å². The lowest BCUT2D eigenvalue weighted by atomic mass is 10.6. The number of nitrogens with two attached hydrogens (primary N) is 1. The SMILES string of the molecule is Nc1nc(O)cc(O)n1. The zero-order valence-corrected chi connectivity index (χ0v) is 4.44. The Hall–Kier alpha value is -1.52. The maximum absolute atomic E-state index is 8.60. The zero-order valence-electron chi connectivity index (χ0n) is 4.44. The van der Waals surface area contributed by atoms with Crippen molar-refractivity contribution in [2.45, 2.75) is 0 Å². The van der Waals surface area contributed by atoms with E-state index < -0.39 is 0 Å². The summed E-state index contributed by atoms with van der Waals surface area (Å²) in [4.78, 5) is 6.59. The van der Waals surface area contributed by atoms with Gasteiger partial charge in [0.15, 0.2) is 0 Å². The first-order valence-electron chi connectivity index (χ1n) is 2.21. The van der Waals surface area contributed by atoms with Gasteiger partial charge in [0, 0.05) is 0 Å². The average molecular weight is 127 g/mol. The van der Waals surface area contributed by atoms with E-state index in [9.17, 15) is 0 Å². The molecule has 0 aromatic carbocycles. The molecule has 4 N–H and O–H groups in total. The van der Waals surface area contributed by atoms with Crippen molar-refractivity contribution in [3.63, 3.8) is 0 Å². The minimum absolute atomic E-state index is 0.146. The number of aromatic nitrogens is 2. The third-order valence-electron chi connectivity index (χ3n) is 0.716. The Labute approximate surface area is 50.8 Å². The van der Waals surface area contributed by atoms with E-state index in [-0.39, 0.29) is 17.7 Å². The molecule has 5 nitrogen and oxygen atoms in total. The molecule has 0 amide bonds. The molecule has 0 bridgehead atoms. The molecular formula is C4H5N3O2. The van der Waals surface area contributed by atoms with Gasteiger partial charge in [0.25, 0.3) is 0 Å². The van der Waals surface area contributed by atoms with Crippen LogP contribution in [0.2, 0.25) is 0 Å². The van der Waals surface area contributed by atoms with E-state index in [0.717, 1.165) is 6.07 Å². The first kappa shape index (κ1) is 5.61. The van der Waals surface area contributed by atoms with Crippen LogP contribution in [0.1, 0.15) is 0 Å². The van der Waals surface area contributed by atoms with Crippen LogP contribution >= 0.6 is 0 Å². The monoisotopic (exact) mass is 127 g/mol. The van der Waals surface area contributed by atoms with Crippen molar-refractivity contribution in [3.8, 4) is 11.8 Å². The second-order valence-electron chi connectivity index (χ2n) is 1.44. The smallest absolute Gasteiger partial charge is 0.226 e. The van der Waals surface area contributed by atoms with Crippen molar-refractivity contribution < 1.29 is 10.2 Å². The van der Waals surface area contributed by atoms with Crippen LogP contribution in [0.4, 0.5) is 5.95 Å². The summed E-state index contributed by atoms with van der Waals surface area (Å²) in [5.41, 5.74) is 5.02. The van der Waals surface area contributed by atoms with Gasteiger partial charge in [0.1, 0.15) is 0 Å². The van der Waals surface area contributed by atoms with Gasteiger partial charge in [-0.05, 0) is 0 Å². The molecule has 0 atom stereocenters. The molecule has 0 fully saturated rings. The number of anilines is 1. The lowest BCUT2D eigenvalue weighted by Crippen LogP contribution is -1.92. The molecule has 0 aliphatic rings. The maximum Gasteiger partial charge on any atom is 0.226 e. The van der Waals surface area contributed by atoms with Crippen molar-refractivity contribution in [2.24, 2.45) is 0 Å². The molecule has 0 aliphatic heterocycles. The summed E-state index contributed by atoms with van der Waals surface area (Å²) in [7, 11) is 0. The standard InChI is InChI=1S/C4H5N3O2/c5-4-6-2(8)1-3(9)7-4/h1H,(H4,5,6,7,8,9). The van der Waals surface area contributed by atoms with Gasteiger partial charge in [-0.3, -0.25) is 0 Å². The van der Waals surface area contributed by atoms with Crippen LogP contribution in [-0.4, -0.2) is 20.2 Å². The lowest BCUT2D eigenvalue weighted by Gasteiger charge is -1.92. The summed E-state index contributed by atoms with van der Waals surface area (Å²) in [6, 6.07) is 0.996. The number of nitrogens with zero attached hydrogens (tertiary/aromatic N) is 2. The molecule has 9 heavy (non-hydrogen) atoms. The molecule has 0 radical (unpaired) electrons. The van der Waals surface area contributed by atoms with Gasteiger partial charge < -0.3 is 15.9 Å². The molecule has 48 valence electrons. The molecule has 1 aromatic rings. The third-order valence-corrected chi connectivity index (χ3v) is 0.716. The van der Waals surface area contributed by atoms with E-state index in [1.807, 2.05) is 0 Å². The predicted molar refractivity (Wildman–Crippen MR) is 29.8 cm³/mol. The highest BCUT2D eigenvalue weighted by molar-refractivity contribution is 5.27. The number of nitrogen functional groups attached to an aromatic ring is 1. The third kappa shape index (κ3) is 1.18. The number of aromatic hydroxyl groups is 2. The Kier molecular flexibility index (Phi) is 1.11. The Morgan fingerprint density at radius 2 is 1.67 bits per heavy atom. The van der Waals surface area contributed by atoms with E-state index in [1.54, 1.807) is 0 Å². The number of hydrogen-bond acceptors (Lipinski definition) is 5. The Balaban J connectivity index is 3.17. The molecule has 1 rings (SSSR count). The number of rotatable bonds is 0. The molecule has 0 saturated carbocycles. The fourth-order valence-corrected chi connectivity index (χ4v) is 0.440. The summed E-state index contributed by atoms with van der Waals surface area (Å²) in [6.07, 6.45) is 0. The highest BCUT2D eigenvalue weighted by Crippen LogP contribution is 2.11. The first-order valence-corrected chi connectivity index (χ1v) is 2.21. The maximum atomic E-state index is 8.60. The predicted octanol–water partition coefficient (Wildman–Crippen LogP) is -0.530. The van der Waals surface area contributed by atoms with E-state index in [4.69, 9.17) is 15.9 Å². The molecule has 5 heteroatoms.